The normalized spacial score (nSPS) is 11.1. The summed E-state index contributed by atoms with van der Waals surface area (Å²) in [6, 6.07) is 5.88. The number of hydrogen-bond acceptors (Lipinski definition) is 4. The number of carbonyl (C=O) groups is 1. The molecule has 0 saturated carbocycles. The number of aliphatic hydroxyl groups is 1. The molecular formula is C13H18N2O4. The van der Waals surface area contributed by atoms with E-state index >= 15 is 0 Å². The maximum absolute atomic E-state index is 11.7. The van der Waals surface area contributed by atoms with E-state index in [1.165, 1.54) is 12.1 Å². The number of benzene rings is 1. The van der Waals surface area contributed by atoms with Crippen molar-refractivity contribution in [3.8, 4) is 0 Å². The van der Waals surface area contributed by atoms with Crippen molar-refractivity contribution >= 4 is 11.6 Å². The third kappa shape index (κ3) is 5.05. The lowest BCUT2D eigenvalue weighted by molar-refractivity contribution is -0.384. The lowest BCUT2D eigenvalue weighted by Crippen LogP contribution is -2.36. The second kappa shape index (κ2) is 6.29. The SMILES string of the molecule is CC(C)(CO)CNC(=O)Cc1ccc([N+](=O)[O-])cc1. The number of hydrogen-bond donors (Lipinski definition) is 2. The van der Waals surface area contributed by atoms with Crippen molar-refractivity contribution in [2.45, 2.75) is 20.3 Å². The van der Waals surface area contributed by atoms with Gasteiger partial charge in [-0.15, -0.1) is 0 Å². The molecule has 0 aliphatic carbocycles. The minimum Gasteiger partial charge on any atom is -0.396 e. The summed E-state index contributed by atoms with van der Waals surface area (Å²) in [5.74, 6) is -0.171. The van der Waals surface area contributed by atoms with Crippen molar-refractivity contribution in [1.82, 2.24) is 5.32 Å². The van der Waals surface area contributed by atoms with Gasteiger partial charge in [0.05, 0.1) is 11.3 Å². The largest absolute Gasteiger partial charge is 0.396 e. The number of non-ortho nitro benzene ring substituents is 1. The predicted octanol–water partition coefficient (Wildman–Crippen LogP) is 1.27. The minimum absolute atomic E-state index is 0.00516. The molecule has 0 atom stereocenters. The first kappa shape index (κ1) is 15.1. The molecule has 6 nitrogen and oxygen atoms in total. The fraction of sp³-hybridized carbons (Fsp3) is 0.462. The summed E-state index contributed by atoms with van der Waals surface area (Å²) in [6.45, 7) is 4.07. The van der Waals surface area contributed by atoms with E-state index in [9.17, 15) is 14.9 Å². The Morgan fingerprint density at radius 2 is 1.95 bits per heavy atom. The molecule has 0 aliphatic heterocycles. The predicted molar refractivity (Wildman–Crippen MR) is 70.7 cm³/mol. The Bertz CT molecular complexity index is 454. The summed E-state index contributed by atoms with van der Waals surface area (Å²) in [5, 5.41) is 22.3. The van der Waals surface area contributed by atoms with E-state index < -0.39 is 4.92 Å². The van der Waals surface area contributed by atoms with Gasteiger partial charge in [0.15, 0.2) is 0 Å². The molecule has 1 aromatic carbocycles. The maximum Gasteiger partial charge on any atom is 0.269 e. The summed E-state index contributed by atoms with van der Waals surface area (Å²) in [6.07, 6.45) is 0.166. The topological polar surface area (TPSA) is 92.5 Å². The quantitative estimate of drug-likeness (QED) is 0.599. The first-order chi connectivity index (χ1) is 8.84. The second-order valence-electron chi connectivity index (χ2n) is 5.20. The van der Waals surface area contributed by atoms with E-state index in [1.54, 1.807) is 12.1 Å². The third-order valence-corrected chi connectivity index (χ3v) is 2.70. The van der Waals surface area contributed by atoms with Crippen LogP contribution in [-0.4, -0.2) is 29.1 Å². The molecule has 0 aliphatic rings. The van der Waals surface area contributed by atoms with Crippen molar-refractivity contribution in [2.24, 2.45) is 5.41 Å². The highest BCUT2D eigenvalue weighted by Gasteiger charge is 2.17. The van der Waals surface area contributed by atoms with Gasteiger partial charge < -0.3 is 10.4 Å². The monoisotopic (exact) mass is 266 g/mol. The van der Waals surface area contributed by atoms with Crippen molar-refractivity contribution in [2.75, 3.05) is 13.2 Å². The van der Waals surface area contributed by atoms with E-state index in [2.05, 4.69) is 5.32 Å². The Morgan fingerprint density at radius 3 is 2.42 bits per heavy atom. The fourth-order valence-electron chi connectivity index (χ4n) is 1.38. The zero-order chi connectivity index (χ0) is 14.5. The first-order valence-corrected chi connectivity index (χ1v) is 5.95. The molecule has 0 radical (unpaired) electrons. The van der Waals surface area contributed by atoms with Crippen LogP contribution in [-0.2, 0) is 11.2 Å². The average Bonchev–Trinajstić information content (AvgIpc) is 2.37. The highest BCUT2D eigenvalue weighted by Crippen LogP contribution is 2.13. The number of rotatable bonds is 6. The number of nitrogens with zero attached hydrogens (tertiary/aromatic N) is 1. The van der Waals surface area contributed by atoms with E-state index in [-0.39, 0.29) is 30.0 Å². The summed E-state index contributed by atoms with van der Waals surface area (Å²) < 4.78 is 0. The second-order valence-corrected chi connectivity index (χ2v) is 5.20. The summed E-state index contributed by atoms with van der Waals surface area (Å²) in [4.78, 5) is 21.7. The van der Waals surface area contributed by atoms with E-state index in [1.807, 2.05) is 13.8 Å². The number of nitro groups is 1. The lowest BCUT2D eigenvalue weighted by Gasteiger charge is -2.21. The summed E-state index contributed by atoms with van der Waals surface area (Å²) >= 11 is 0. The van der Waals surface area contributed by atoms with Crippen LogP contribution in [0.15, 0.2) is 24.3 Å². The summed E-state index contributed by atoms with van der Waals surface area (Å²) in [5.41, 5.74) is 0.362. The van der Waals surface area contributed by atoms with Gasteiger partial charge in [-0.2, -0.15) is 0 Å². The molecule has 1 aromatic rings. The maximum atomic E-state index is 11.7. The molecule has 0 spiro atoms. The molecule has 0 fully saturated rings. The van der Waals surface area contributed by atoms with E-state index in [0.717, 1.165) is 0 Å². The molecule has 6 heteroatoms. The first-order valence-electron chi connectivity index (χ1n) is 5.95. The van der Waals surface area contributed by atoms with Crippen LogP contribution in [0.5, 0.6) is 0 Å². The third-order valence-electron chi connectivity index (χ3n) is 2.70. The zero-order valence-electron chi connectivity index (χ0n) is 11.0. The van der Waals surface area contributed by atoms with Crippen LogP contribution < -0.4 is 5.32 Å². The van der Waals surface area contributed by atoms with Crippen molar-refractivity contribution in [1.29, 1.82) is 0 Å². The van der Waals surface area contributed by atoms with Crippen molar-refractivity contribution < 1.29 is 14.8 Å². The van der Waals surface area contributed by atoms with Gasteiger partial charge in [-0.3, -0.25) is 14.9 Å². The molecule has 0 bridgehead atoms. The van der Waals surface area contributed by atoms with Gasteiger partial charge in [-0.25, -0.2) is 0 Å². The van der Waals surface area contributed by atoms with Gasteiger partial charge >= 0.3 is 0 Å². The van der Waals surface area contributed by atoms with Gasteiger partial charge in [0, 0.05) is 30.7 Å². The molecule has 0 saturated heterocycles. The minimum atomic E-state index is -0.479. The van der Waals surface area contributed by atoms with Gasteiger partial charge in [0.1, 0.15) is 0 Å². The molecule has 19 heavy (non-hydrogen) atoms. The van der Waals surface area contributed by atoms with Gasteiger partial charge in [0.2, 0.25) is 5.91 Å². The Morgan fingerprint density at radius 1 is 1.37 bits per heavy atom. The highest BCUT2D eigenvalue weighted by atomic mass is 16.6. The number of nitro benzene ring substituents is 1. The molecule has 0 heterocycles. The average molecular weight is 266 g/mol. The Balaban J connectivity index is 2.51. The molecule has 1 rings (SSSR count). The molecule has 0 aromatic heterocycles. The Hall–Kier alpha value is -1.95. The summed E-state index contributed by atoms with van der Waals surface area (Å²) in [7, 11) is 0. The van der Waals surface area contributed by atoms with Crippen molar-refractivity contribution in [3.05, 3.63) is 39.9 Å². The Labute approximate surface area is 111 Å². The highest BCUT2D eigenvalue weighted by molar-refractivity contribution is 5.78. The van der Waals surface area contributed by atoms with Crippen LogP contribution in [0.2, 0.25) is 0 Å². The fourth-order valence-corrected chi connectivity index (χ4v) is 1.38. The number of amides is 1. The molecular weight excluding hydrogens is 248 g/mol. The smallest absolute Gasteiger partial charge is 0.269 e. The number of carbonyl (C=O) groups excluding carboxylic acids is 1. The van der Waals surface area contributed by atoms with E-state index in [4.69, 9.17) is 5.11 Å². The standard InChI is InChI=1S/C13H18N2O4/c1-13(2,9-16)8-14-12(17)7-10-3-5-11(6-4-10)15(18)19/h3-6,16H,7-9H2,1-2H3,(H,14,17). The van der Waals surface area contributed by atoms with E-state index in [0.29, 0.717) is 12.1 Å². The van der Waals surface area contributed by atoms with Crippen LogP contribution >= 0.6 is 0 Å². The zero-order valence-corrected chi connectivity index (χ0v) is 11.0. The lowest BCUT2D eigenvalue weighted by atomic mass is 9.95. The van der Waals surface area contributed by atoms with Crippen molar-refractivity contribution in [3.63, 3.8) is 0 Å². The van der Waals surface area contributed by atoms with Gasteiger partial charge in [0.25, 0.3) is 5.69 Å². The van der Waals surface area contributed by atoms with Gasteiger partial charge in [-0.05, 0) is 5.56 Å². The number of nitrogens with one attached hydrogen (secondary N) is 1. The molecule has 104 valence electrons. The van der Waals surface area contributed by atoms with Gasteiger partial charge in [-0.1, -0.05) is 26.0 Å². The molecule has 1 amide bonds. The van der Waals surface area contributed by atoms with Crippen LogP contribution in [0.1, 0.15) is 19.4 Å². The van der Waals surface area contributed by atoms with Crippen LogP contribution in [0.3, 0.4) is 0 Å². The van der Waals surface area contributed by atoms with Crippen LogP contribution in [0, 0.1) is 15.5 Å². The van der Waals surface area contributed by atoms with Crippen LogP contribution in [0.25, 0.3) is 0 Å². The van der Waals surface area contributed by atoms with Crippen LogP contribution in [0.4, 0.5) is 5.69 Å². The number of aliphatic hydroxyl groups excluding tert-OH is 1. The molecule has 2 N–H and O–H groups in total. The Kier molecular flexibility index (Phi) is 5.00. The molecule has 0 unspecified atom stereocenters.